The third-order valence-electron chi connectivity index (χ3n) is 3.84. The van der Waals surface area contributed by atoms with Gasteiger partial charge in [0, 0.05) is 11.1 Å². The average Bonchev–Trinajstić information content (AvgIpc) is 3.11. The summed E-state index contributed by atoms with van der Waals surface area (Å²) in [5.41, 5.74) is 2.79. The SMILES string of the molecule is Cc1cccc(-c2csc(NC(=O)C(C#N)Cc3ccc(O)c(O)c3)n2)n1. The number of carbonyl (C=O) groups excluding carboxylic acids is 1. The number of carbonyl (C=O) groups is 1. The van der Waals surface area contributed by atoms with Gasteiger partial charge in [-0.3, -0.25) is 9.78 Å². The lowest BCUT2D eigenvalue weighted by atomic mass is 9.99. The van der Waals surface area contributed by atoms with Crippen LogP contribution in [0.1, 0.15) is 11.3 Å². The normalized spacial score (nSPS) is 11.6. The molecule has 0 spiro atoms. The number of thiazole rings is 1. The first-order valence-electron chi connectivity index (χ1n) is 8.07. The predicted octanol–water partition coefficient (Wildman–Crippen LogP) is 3.25. The van der Waals surface area contributed by atoms with E-state index in [1.54, 1.807) is 11.4 Å². The molecule has 1 unspecified atom stereocenters. The van der Waals surface area contributed by atoms with Gasteiger partial charge in [0.15, 0.2) is 16.6 Å². The molecule has 7 nitrogen and oxygen atoms in total. The molecule has 3 N–H and O–H groups in total. The molecule has 8 heteroatoms. The van der Waals surface area contributed by atoms with Crippen molar-refractivity contribution in [2.75, 3.05) is 5.32 Å². The van der Waals surface area contributed by atoms with Crippen molar-refractivity contribution >= 4 is 22.4 Å². The van der Waals surface area contributed by atoms with E-state index in [1.165, 1.54) is 23.5 Å². The molecule has 0 aliphatic heterocycles. The first kappa shape index (κ1) is 18.4. The van der Waals surface area contributed by atoms with Crippen LogP contribution in [0.15, 0.2) is 41.8 Å². The van der Waals surface area contributed by atoms with Crippen LogP contribution in [0.3, 0.4) is 0 Å². The van der Waals surface area contributed by atoms with Crippen LogP contribution in [0.2, 0.25) is 0 Å². The number of benzene rings is 1. The Labute approximate surface area is 159 Å². The van der Waals surface area contributed by atoms with Gasteiger partial charge in [-0.25, -0.2) is 4.98 Å². The van der Waals surface area contributed by atoms with E-state index in [-0.39, 0.29) is 17.9 Å². The zero-order valence-corrected chi connectivity index (χ0v) is 15.2. The molecule has 3 rings (SSSR count). The number of aromatic hydroxyl groups is 2. The van der Waals surface area contributed by atoms with E-state index in [0.717, 1.165) is 5.69 Å². The number of hydrogen-bond donors (Lipinski definition) is 3. The van der Waals surface area contributed by atoms with Crippen LogP contribution in [0.5, 0.6) is 11.5 Å². The van der Waals surface area contributed by atoms with E-state index in [1.807, 2.05) is 31.2 Å². The van der Waals surface area contributed by atoms with Gasteiger partial charge in [0.2, 0.25) is 5.91 Å². The number of nitriles is 1. The van der Waals surface area contributed by atoms with Crippen molar-refractivity contribution < 1.29 is 15.0 Å². The molecule has 0 saturated heterocycles. The number of nitrogens with one attached hydrogen (secondary N) is 1. The van der Waals surface area contributed by atoms with Gasteiger partial charge in [-0.05, 0) is 43.2 Å². The standard InChI is InChI=1S/C19H16N4O3S/c1-11-3-2-4-14(21-11)15-10-27-19(22-15)23-18(26)13(9-20)7-12-5-6-16(24)17(25)8-12/h2-6,8,10,13,24-25H,7H2,1H3,(H,22,23,26). The summed E-state index contributed by atoms with van der Waals surface area (Å²) in [5.74, 6) is -1.99. The smallest absolute Gasteiger partial charge is 0.243 e. The van der Waals surface area contributed by atoms with Crippen LogP contribution in [-0.4, -0.2) is 26.1 Å². The van der Waals surface area contributed by atoms with E-state index < -0.39 is 11.8 Å². The molecule has 0 bridgehead atoms. The molecule has 0 fully saturated rings. The topological polar surface area (TPSA) is 119 Å². The van der Waals surface area contributed by atoms with Crippen molar-refractivity contribution in [2.45, 2.75) is 13.3 Å². The Hall–Kier alpha value is -3.44. The molecule has 2 heterocycles. The van der Waals surface area contributed by atoms with Crippen LogP contribution in [0.4, 0.5) is 5.13 Å². The van der Waals surface area contributed by atoms with Crippen molar-refractivity contribution in [3.05, 3.63) is 53.0 Å². The monoisotopic (exact) mass is 380 g/mol. The molecule has 136 valence electrons. The summed E-state index contributed by atoms with van der Waals surface area (Å²) >= 11 is 1.25. The minimum Gasteiger partial charge on any atom is -0.504 e. The highest BCUT2D eigenvalue weighted by Crippen LogP contribution is 2.27. The first-order chi connectivity index (χ1) is 13.0. The van der Waals surface area contributed by atoms with Crippen molar-refractivity contribution in [3.8, 4) is 29.0 Å². The average molecular weight is 380 g/mol. The first-order valence-corrected chi connectivity index (χ1v) is 8.95. The maximum Gasteiger partial charge on any atom is 0.243 e. The molecule has 3 aromatic rings. The molecule has 27 heavy (non-hydrogen) atoms. The Bertz CT molecular complexity index is 1030. The van der Waals surface area contributed by atoms with Gasteiger partial charge >= 0.3 is 0 Å². The molecule has 0 saturated carbocycles. The van der Waals surface area contributed by atoms with E-state index in [4.69, 9.17) is 0 Å². The summed E-state index contributed by atoms with van der Waals surface area (Å²) in [7, 11) is 0. The van der Waals surface area contributed by atoms with Crippen LogP contribution < -0.4 is 5.32 Å². The fourth-order valence-electron chi connectivity index (χ4n) is 2.46. The van der Waals surface area contributed by atoms with Gasteiger partial charge in [-0.15, -0.1) is 11.3 Å². The number of phenols is 2. The maximum atomic E-state index is 12.4. The fraction of sp³-hybridized carbons (Fsp3) is 0.158. The summed E-state index contributed by atoms with van der Waals surface area (Å²) in [6.07, 6.45) is 0.105. The second kappa shape index (κ2) is 7.85. The second-order valence-electron chi connectivity index (χ2n) is 5.90. The zero-order valence-electron chi connectivity index (χ0n) is 14.4. The van der Waals surface area contributed by atoms with Gasteiger partial charge in [0.05, 0.1) is 11.8 Å². The van der Waals surface area contributed by atoms with Crippen molar-refractivity contribution in [1.29, 1.82) is 5.26 Å². The Morgan fingerprint density at radius 1 is 1.22 bits per heavy atom. The quantitative estimate of drug-likeness (QED) is 0.585. The van der Waals surface area contributed by atoms with Crippen molar-refractivity contribution in [3.63, 3.8) is 0 Å². The molecule has 0 aliphatic carbocycles. The second-order valence-corrected chi connectivity index (χ2v) is 6.76. The molecule has 1 amide bonds. The molecule has 0 radical (unpaired) electrons. The number of pyridine rings is 1. The number of phenolic OH excluding ortho intramolecular Hbond substituents is 2. The molecule has 0 aliphatic rings. The van der Waals surface area contributed by atoms with Crippen LogP contribution in [0, 0.1) is 24.2 Å². The minimum absolute atomic E-state index is 0.105. The Morgan fingerprint density at radius 3 is 2.74 bits per heavy atom. The summed E-state index contributed by atoms with van der Waals surface area (Å²) in [6.45, 7) is 1.89. The van der Waals surface area contributed by atoms with Gasteiger partial charge in [0.25, 0.3) is 0 Å². The van der Waals surface area contributed by atoms with E-state index >= 15 is 0 Å². The van der Waals surface area contributed by atoms with E-state index in [0.29, 0.717) is 22.1 Å². The molecule has 1 aromatic carbocycles. The van der Waals surface area contributed by atoms with Crippen LogP contribution in [-0.2, 0) is 11.2 Å². The highest BCUT2D eigenvalue weighted by atomic mass is 32.1. The third-order valence-corrected chi connectivity index (χ3v) is 4.59. The molecular weight excluding hydrogens is 364 g/mol. The predicted molar refractivity (Wildman–Crippen MR) is 101 cm³/mol. The van der Waals surface area contributed by atoms with E-state index in [9.17, 15) is 20.3 Å². The van der Waals surface area contributed by atoms with Crippen molar-refractivity contribution in [1.82, 2.24) is 9.97 Å². The number of aryl methyl sites for hydroxylation is 1. The molecular formula is C19H16N4O3S. The van der Waals surface area contributed by atoms with Crippen molar-refractivity contribution in [2.24, 2.45) is 5.92 Å². The number of aromatic nitrogens is 2. The summed E-state index contributed by atoms with van der Waals surface area (Å²) in [6, 6.07) is 11.8. The van der Waals surface area contributed by atoms with Gasteiger partial charge in [-0.1, -0.05) is 12.1 Å². The van der Waals surface area contributed by atoms with Crippen LogP contribution >= 0.6 is 11.3 Å². The highest BCUT2D eigenvalue weighted by molar-refractivity contribution is 7.14. The summed E-state index contributed by atoms with van der Waals surface area (Å²) in [5, 5.41) is 33.0. The summed E-state index contributed by atoms with van der Waals surface area (Å²) < 4.78 is 0. The number of hydrogen-bond acceptors (Lipinski definition) is 7. The zero-order chi connectivity index (χ0) is 19.4. The maximum absolute atomic E-state index is 12.4. The Morgan fingerprint density at radius 2 is 2.04 bits per heavy atom. The number of nitrogens with zero attached hydrogens (tertiary/aromatic N) is 3. The highest BCUT2D eigenvalue weighted by Gasteiger charge is 2.20. The van der Waals surface area contributed by atoms with Gasteiger partial charge < -0.3 is 15.5 Å². The number of anilines is 1. The third kappa shape index (κ3) is 4.40. The van der Waals surface area contributed by atoms with E-state index in [2.05, 4.69) is 15.3 Å². The van der Waals surface area contributed by atoms with Gasteiger partial charge in [0.1, 0.15) is 11.6 Å². The fourth-order valence-corrected chi connectivity index (χ4v) is 3.16. The molecule has 1 atom stereocenters. The Kier molecular flexibility index (Phi) is 5.33. The minimum atomic E-state index is -0.960. The number of amides is 1. The lowest BCUT2D eigenvalue weighted by molar-refractivity contribution is -0.118. The van der Waals surface area contributed by atoms with Crippen LogP contribution in [0.25, 0.3) is 11.4 Å². The summed E-state index contributed by atoms with van der Waals surface area (Å²) in [4.78, 5) is 21.2. The molecule has 2 aromatic heterocycles. The largest absolute Gasteiger partial charge is 0.504 e. The Balaban J connectivity index is 1.70. The number of rotatable bonds is 5. The lowest BCUT2D eigenvalue weighted by Crippen LogP contribution is -2.23. The van der Waals surface area contributed by atoms with Gasteiger partial charge in [-0.2, -0.15) is 5.26 Å². The lowest BCUT2D eigenvalue weighted by Gasteiger charge is -2.09.